The monoisotopic (exact) mass is 316 g/mol. The summed E-state index contributed by atoms with van der Waals surface area (Å²) in [6.07, 6.45) is 3.61. The summed E-state index contributed by atoms with van der Waals surface area (Å²) in [5.74, 6) is 0.186. The van der Waals surface area contributed by atoms with Crippen LogP contribution >= 0.6 is 0 Å². The van der Waals surface area contributed by atoms with Gasteiger partial charge in [-0.2, -0.15) is 4.31 Å². The zero-order valence-electron chi connectivity index (χ0n) is 11.3. The third-order valence-electron chi connectivity index (χ3n) is 2.98. The van der Waals surface area contributed by atoms with Crippen LogP contribution in [-0.4, -0.2) is 68.0 Å². The lowest BCUT2D eigenvalue weighted by Gasteiger charge is -2.27. The van der Waals surface area contributed by atoms with Crippen molar-refractivity contribution in [3.63, 3.8) is 0 Å². The zero-order valence-corrected chi connectivity index (χ0v) is 12.1. The van der Waals surface area contributed by atoms with Gasteiger partial charge >= 0.3 is 0 Å². The number of aromatic nitrogens is 4. The normalized spacial score (nSPS) is 12.6. The van der Waals surface area contributed by atoms with Gasteiger partial charge in [0.15, 0.2) is 11.5 Å². The number of anilines is 1. The molecule has 2 aromatic rings. The first-order chi connectivity index (χ1) is 9.88. The molecule has 0 bridgehead atoms. The van der Waals surface area contributed by atoms with Crippen LogP contribution in [-0.2, 0) is 16.7 Å². The Morgan fingerprint density at radius 1 is 1.33 bits per heavy atom. The average molecular weight is 316 g/mol. The Kier molecular flexibility index (Phi) is 4.37. The molecule has 0 saturated carbocycles. The number of aliphatic hydroxyl groups excluding tert-OH is 2. The molecule has 21 heavy (non-hydrogen) atoms. The van der Waals surface area contributed by atoms with Crippen LogP contribution in [0.5, 0.6) is 0 Å². The molecule has 0 aromatic carbocycles. The minimum absolute atomic E-state index is 0.155. The predicted molar refractivity (Wildman–Crippen MR) is 74.4 cm³/mol. The minimum Gasteiger partial charge on any atom is -0.395 e. The van der Waals surface area contributed by atoms with Crippen molar-refractivity contribution in [2.24, 2.45) is 0 Å². The van der Waals surface area contributed by atoms with E-state index in [9.17, 15) is 18.6 Å². The van der Waals surface area contributed by atoms with Gasteiger partial charge in [-0.15, -0.1) is 0 Å². The van der Waals surface area contributed by atoms with Gasteiger partial charge in [0, 0.05) is 0 Å². The lowest BCUT2D eigenvalue weighted by molar-refractivity contribution is 0.110. The standard InChI is InChI=1S/C10H16N6O4S/c1-21(19,20)16(7(2-17)3-18)6-15-5-14-8-9(11)12-4-13-10(8)15/h4-5,7,17-18H,2-3,6H2,1H3,(H2,11,12,13). The molecule has 2 heterocycles. The Balaban J connectivity index is 2.42. The summed E-state index contributed by atoms with van der Waals surface area (Å²) in [5, 5.41) is 18.4. The maximum absolute atomic E-state index is 11.8. The summed E-state index contributed by atoms with van der Waals surface area (Å²) in [6.45, 7) is -1.17. The van der Waals surface area contributed by atoms with E-state index in [1.165, 1.54) is 17.2 Å². The number of nitrogens with zero attached hydrogens (tertiary/aromatic N) is 5. The van der Waals surface area contributed by atoms with Gasteiger partial charge in [-0.3, -0.25) is 0 Å². The van der Waals surface area contributed by atoms with Gasteiger partial charge in [0.05, 0.1) is 38.5 Å². The number of rotatable bonds is 6. The fourth-order valence-electron chi connectivity index (χ4n) is 1.88. The largest absolute Gasteiger partial charge is 0.395 e. The molecule has 0 aliphatic carbocycles. The Bertz CT molecular complexity index is 726. The first-order valence-corrected chi connectivity index (χ1v) is 7.83. The fraction of sp³-hybridized carbons (Fsp3) is 0.500. The highest BCUT2D eigenvalue weighted by Crippen LogP contribution is 2.16. The summed E-state index contributed by atoms with van der Waals surface area (Å²) >= 11 is 0. The molecule has 2 rings (SSSR count). The number of imidazole rings is 1. The van der Waals surface area contributed by atoms with Crippen molar-refractivity contribution < 1.29 is 18.6 Å². The zero-order chi connectivity index (χ0) is 15.6. The molecule has 4 N–H and O–H groups in total. The van der Waals surface area contributed by atoms with Gasteiger partial charge < -0.3 is 20.5 Å². The molecule has 10 nitrogen and oxygen atoms in total. The van der Waals surface area contributed by atoms with E-state index in [4.69, 9.17) is 5.73 Å². The van der Waals surface area contributed by atoms with Crippen molar-refractivity contribution in [2.75, 3.05) is 25.2 Å². The van der Waals surface area contributed by atoms with Crippen LogP contribution in [0.15, 0.2) is 12.7 Å². The summed E-state index contributed by atoms with van der Waals surface area (Å²) in [6, 6.07) is -0.948. The van der Waals surface area contributed by atoms with E-state index in [-0.39, 0.29) is 12.5 Å². The van der Waals surface area contributed by atoms with Gasteiger partial charge in [0.25, 0.3) is 0 Å². The molecular weight excluding hydrogens is 300 g/mol. The second-order valence-corrected chi connectivity index (χ2v) is 6.39. The number of fused-ring (bicyclic) bond motifs is 1. The van der Waals surface area contributed by atoms with E-state index >= 15 is 0 Å². The fourth-order valence-corrected chi connectivity index (χ4v) is 2.89. The topological polar surface area (TPSA) is 147 Å². The summed E-state index contributed by atoms with van der Waals surface area (Å²) in [5.41, 5.74) is 6.38. The second kappa shape index (κ2) is 5.89. The van der Waals surface area contributed by atoms with Crippen LogP contribution in [0.25, 0.3) is 11.2 Å². The van der Waals surface area contributed by atoms with E-state index in [0.29, 0.717) is 11.2 Å². The molecule has 0 atom stereocenters. The number of sulfonamides is 1. The highest BCUT2D eigenvalue weighted by molar-refractivity contribution is 7.88. The summed E-state index contributed by atoms with van der Waals surface area (Å²) in [7, 11) is -3.65. The second-order valence-electron chi connectivity index (χ2n) is 4.46. The maximum Gasteiger partial charge on any atom is 0.213 e. The molecule has 0 aliphatic rings. The Morgan fingerprint density at radius 2 is 2.00 bits per heavy atom. The molecule has 2 aromatic heterocycles. The number of hydrogen-bond acceptors (Lipinski definition) is 8. The number of aliphatic hydroxyl groups is 2. The summed E-state index contributed by atoms with van der Waals surface area (Å²) < 4.78 is 26.1. The highest BCUT2D eigenvalue weighted by atomic mass is 32.2. The van der Waals surface area contributed by atoms with E-state index in [1.54, 1.807) is 0 Å². The molecule has 11 heteroatoms. The van der Waals surface area contributed by atoms with E-state index in [1.807, 2.05) is 0 Å². The SMILES string of the molecule is CS(=O)(=O)N(Cn1cnc2c(N)ncnc21)C(CO)CO. The van der Waals surface area contributed by atoms with Crippen LogP contribution in [0, 0.1) is 0 Å². The number of nitrogen functional groups attached to an aromatic ring is 1. The third kappa shape index (κ3) is 3.10. The molecule has 0 saturated heterocycles. The van der Waals surface area contributed by atoms with Crippen molar-refractivity contribution in [1.82, 2.24) is 23.8 Å². The van der Waals surface area contributed by atoms with Crippen molar-refractivity contribution in [1.29, 1.82) is 0 Å². The molecule has 0 radical (unpaired) electrons. The van der Waals surface area contributed by atoms with Crippen LogP contribution in [0.1, 0.15) is 0 Å². The van der Waals surface area contributed by atoms with E-state index in [0.717, 1.165) is 10.6 Å². The molecule has 0 aliphatic heterocycles. The molecular formula is C10H16N6O4S. The van der Waals surface area contributed by atoms with E-state index < -0.39 is 29.3 Å². The Labute approximate surface area is 120 Å². The van der Waals surface area contributed by atoms with Gasteiger partial charge in [0.2, 0.25) is 10.0 Å². The smallest absolute Gasteiger partial charge is 0.213 e. The van der Waals surface area contributed by atoms with Crippen LogP contribution in [0.3, 0.4) is 0 Å². The molecule has 0 unspecified atom stereocenters. The molecule has 0 amide bonds. The van der Waals surface area contributed by atoms with Crippen molar-refractivity contribution in [3.8, 4) is 0 Å². The number of hydrogen-bond donors (Lipinski definition) is 3. The lowest BCUT2D eigenvalue weighted by atomic mass is 10.3. The molecule has 116 valence electrons. The van der Waals surface area contributed by atoms with Crippen LogP contribution < -0.4 is 5.73 Å². The molecule has 0 spiro atoms. The average Bonchev–Trinajstić information content (AvgIpc) is 2.82. The van der Waals surface area contributed by atoms with Gasteiger partial charge in [-0.1, -0.05) is 0 Å². The van der Waals surface area contributed by atoms with Gasteiger partial charge in [0.1, 0.15) is 11.8 Å². The highest BCUT2D eigenvalue weighted by Gasteiger charge is 2.26. The van der Waals surface area contributed by atoms with Crippen molar-refractivity contribution in [3.05, 3.63) is 12.7 Å². The van der Waals surface area contributed by atoms with Crippen molar-refractivity contribution >= 4 is 27.0 Å². The minimum atomic E-state index is -3.65. The van der Waals surface area contributed by atoms with Crippen LogP contribution in [0.4, 0.5) is 5.82 Å². The van der Waals surface area contributed by atoms with Gasteiger partial charge in [-0.25, -0.2) is 23.4 Å². The maximum atomic E-state index is 11.8. The first kappa shape index (κ1) is 15.6. The predicted octanol–water partition coefficient (Wildman–Crippen LogP) is -2.02. The Morgan fingerprint density at radius 3 is 2.57 bits per heavy atom. The quantitative estimate of drug-likeness (QED) is 0.553. The molecule has 0 fully saturated rings. The number of nitrogens with two attached hydrogens (primary N) is 1. The van der Waals surface area contributed by atoms with Gasteiger partial charge in [-0.05, 0) is 0 Å². The Hall–Kier alpha value is -1.82. The van der Waals surface area contributed by atoms with Crippen LogP contribution in [0.2, 0.25) is 0 Å². The lowest BCUT2D eigenvalue weighted by Crippen LogP contribution is -2.44. The third-order valence-corrected chi connectivity index (χ3v) is 4.24. The first-order valence-electron chi connectivity index (χ1n) is 5.98. The summed E-state index contributed by atoms with van der Waals surface area (Å²) in [4.78, 5) is 11.8. The van der Waals surface area contributed by atoms with Crippen molar-refractivity contribution in [2.45, 2.75) is 12.7 Å². The van der Waals surface area contributed by atoms with E-state index in [2.05, 4.69) is 15.0 Å².